The largest absolute Gasteiger partial charge is 0.497 e. The first kappa shape index (κ1) is 37.3. The first-order valence-corrected chi connectivity index (χ1v) is 18.9. The van der Waals surface area contributed by atoms with Crippen molar-refractivity contribution < 1.29 is 37.4 Å². The Labute approximate surface area is 313 Å². The molecule has 11 nitrogen and oxygen atoms in total. The number of methoxy groups -OCH3 is 1. The number of hydrogen-bond acceptors (Lipinski definition) is 7. The lowest BCUT2D eigenvalue weighted by Crippen LogP contribution is -2.55. The normalized spacial score (nSPS) is 27.8. The smallest absolute Gasteiger partial charge is 0.251 e. The van der Waals surface area contributed by atoms with Crippen molar-refractivity contribution in [2.75, 3.05) is 26.7 Å². The molecule has 4 heterocycles. The summed E-state index contributed by atoms with van der Waals surface area (Å²) in [5, 5.41) is 3.63. The molecule has 286 valence electrons. The lowest BCUT2D eigenvalue weighted by atomic mass is 9.94. The van der Waals surface area contributed by atoms with Gasteiger partial charge < -0.3 is 30.3 Å². The van der Waals surface area contributed by atoms with E-state index >= 15 is 0 Å². The van der Waals surface area contributed by atoms with Crippen LogP contribution in [0.25, 0.3) is 22.2 Å². The van der Waals surface area contributed by atoms with E-state index in [-0.39, 0.29) is 50.2 Å². The molecule has 2 aromatic carbocycles. The number of pyridine rings is 1. The number of aromatic nitrogens is 1. The summed E-state index contributed by atoms with van der Waals surface area (Å²) in [4.78, 5) is 62.9. The summed E-state index contributed by atoms with van der Waals surface area (Å²) in [6, 6.07) is 16.0. The van der Waals surface area contributed by atoms with Crippen LogP contribution in [0, 0.1) is 11.8 Å². The van der Waals surface area contributed by atoms with E-state index < -0.39 is 54.2 Å². The first-order valence-electron chi connectivity index (χ1n) is 18.9. The van der Waals surface area contributed by atoms with Gasteiger partial charge in [-0.1, -0.05) is 55.3 Å². The molecule has 1 aromatic heterocycles. The van der Waals surface area contributed by atoms with Gasteiger partial charge in [-0.3, -0.25) is 19.2 Å². The second-order valence-corrected chi connectivity index (χ2v) is 15.1. The van der Waals surface area contributed by atoms with Crippen molar-refractivity contribution in [3.63, 3.8) is 0 Å². The molecule has 2 saturated heterocycles. The van der Waals surface area contributed by atoms with E-state index in [1.807, 2.05) is 66.7 Å². The van der Waals surface area contributed by atoms with Crippen molar-refractivity contribution in [3.05, 3.63) is 66.7 Å². The highest BCUT2D eigenvalue weighted by molar-refractivity contribution is 5.97. The number of hydrogen-bond donors (Lipinski definition) is 2. The number of carbonyl (C=O) groups excluding carboxylic acids is 4. The van der Waals surface area contributed by atoms with Gasteiger partial charge in [0.05, 0.1) is 24.9 Å². The van der Waals surface area contributed by atoms with Crippen LogP contribution < -0.4 is 20.5 Å². The Hall–Kier alpha value is -5.07. The molecule has 3 N–H and O–H groups in total. The number of halogens is 2. The van der Waals surface area contributed by atoms with Crippen molar-refractivity contribution in [2.45, 2.75) is 87.8 Å². The number of nitrogens with zero attached hydrogens (tertiary/aromatic N) is 3. The molecule has 1 saturated carbocycles. The maximum Gasteiger partial charge on any atom is 0.251 e. The van der Waals surface area contributed by atoms with Gasteiger partial charge in [-0.05, 0) is 37.8 Å². The first-order chi connectivity index (χ1) is 26.0. The Morgan fingerprint density at radius 2 is 1.81 bits per heavy atom. The average molecular weight is 744 g/mol. The predicted octanol–water partition coefficient (Wildman–Crippen LogP) is 5.40. The zero-order valence-corrected chi connectivity index (χ0v) is 30.5. The molecule has 5 atom stereocenters. The fourth-order valence-electron chi connectivity index (χ4n) is 8.08. The Morgan fingerprint density at radius 1 is 1.04 bits per heavy atom. The Bertz CT molecular complexity index is 1930. The highest BCUT2D eigenvalue weighted by Gasteiger charge is 2.60. The highest BCUT2D eigenvalue weighted by atomic mass is 19.3. The lowest BCUT2D eigenvalue weighted by molar-refractivity contribution is -0.147. The summed E-state index contributed by atoms with van der Waals surface area (Å²) < 4.78 is 40.0. The third-order valence-corrected chi connectivity index (χ3v) is 11.4. The molecule has 0 unspecified atom stereocenters. The number of allylic oxidation sites excluding steroid dienone is 1. The standard InChI is InChI=1S/C41H47F2N5O6/c1-53-29-14-15-31-33(21-29)45-32(26-10-7-5-8-11-26)23-35(31)54-30-22-34-37(50)46-41(39(44)52)24-28(41)13-9-4-2-3-6-12-27(38(51)48(34)25-30)20-36(49)47-18-16-40(42,43)17-19-47/h5,7-11,13-15,21,23,27-28,30,34H,2-4,6,12,16-20,22,24-25H2,1H3,(H2,44,52)(H,46,50)/b13-9-/t27-,28-,30-,34+,41-/m1/s1. The van der Waals surface area contributed by atoms with Gasteiger partial charge in [0.25, 0.3) is 5.92 Å². The van der Waals surface area contributed by atoms with Crippen molar-refractivity contribution in [1.82, 2.24) is 20.1 Å². The van der Waals surface area contributed by atoms with Gasteiger partial charge in [-0.2, -0.15) is 0 Å². The number of ether oxygens (including phenoxy) is 2. The van der Waals surface area contributed by atoms with Crippen molar-refractivity contribution in [2.24, 2.45) is 17.6 Å². The number of amides is 4. The Morgan fingerprint density at radius 3 is 2.56 bits per heavy atom. The van der Waals surface area contributed by atoms with E-state index in [2.05, 4.69) is 5.32 Å². The third-order valence-electron chi connectivity index (χ3n) is 11.4. The van der Waals surface area contributed by atoms with E-state index in [4.69, 9.17) is 20.2 Å². The number of fused-ring (bicyclic) bond motifs is 3. The van der Waals surface area contributed by atoms with Crippen LogP contribution >= 0.6 is 0 Å². The zero-order chi connectivity index (χ0) is 38.0. The zero-order valence-electron chi connectivity index (χ0n) is 30.5. The van der Waals surface area contributed by atoms with Crippen LogP contribution in [0.3, 0.4) is 0 Å². The molecule has 0 spiro atoms. The number of benzene rings is 2. The molecule has 3 fully saturated rings. The molecule has 0 radical (unpaired) electrons. The highest BCUT2D eigenvalue weighted by Crippen LogP contribution is 2.45. The van der Waals surface area contributed by atoms with E-state index in [0.717, 1.165) is 24.8 Å². The Kier molecular flexibility index (Phi) is 10.6. The minimum atomic E-state index is -2.81. The second-order valence-electron chi connectivity index (χ2n) is 15.1. The summed E-state index contributed by atoms with van der Waals surface area (Å²) in [5.41, 5.74) is 6.78. The van der Waals surface area contributed by atoms with Gasteiger partial charge in [0.1, 0.15) is 29.2 Å². The SMILES string of the molecule is COc1ccc2c(O[C@@H]3C[C@H]4C(=O)N[C@]5(C(N)=O)C[C@H]5/C=C\CCCCC[C@H](CC(=O)N5CCC(F)(F)CC5)C(=O)N4C3)cc(-c3ccccc3)nc2c1. The van der Waals surface area contributed by atoms with Crippen molar-refractivity contribution in [1.29, 1.82) is 0 Å². The molecule has 3 aliphatic heterocycles. The summed E-state index contributed by atoms with van der Waals surface area (Å²) in [6.45, 7) is -0.0984. The molecular weight excluding hydrogens is 696 g/mol. The predicted molar refractivity (Wildman–Crippen MR) is 198 cm³/mol. The number of nitrogens with one attached hydrogen (secondary N) is 1. The number of piperidine rings is 1. The molecule has 1 aliphatic carbocycles. The molecule has 3 aromatic rings. The van der Waals surface area contributed by atoms with Crippen LogP contribution in [0.2, 0.25) is 0 Å². The molecule has 7 rings (SSSR count). The van der Waals surface area contributed by atoms with Crippen molar-refractivity contribution in [3.8, 4) is 22.8 Å². The number of carbonyl (C=O) groups is 4. The Balaban J connectivity index is 1.20. The van der Waals surface area contributed by atoms with Crippen LogP contribution in [-0.2, 0) is 19.2 Å². The topological polar surface area (TPSA) is 144 Å². The minimum Gasteiger partial charge on any atom is -0.497 e. The van der Waals surface area contributed by atoms with Crippen LogP contribution in [0.15, 0.2) is 66.7 Å². The summed E-state index contributed by atoms with van der Waals surface area (Å²) in [7, 11) is 1.58. The van der Waals surface area contributed by atoms with Gasteiger partial charge in [0, 0.05) is 73.7 Å². The van der Waals surface area contributed by atoms with Gasteiger partial charge >= 0.3 is 0 Å². The monoisotopic (exact) mass is 743 g/mol. The van der Waals surface area contributed by atoms with E-state index in [9.17, 15) is 28.0 Å². The van der Waals surface area contributed by atoms with E-state index in [1.165, 1.54) is 9.80 Å². The van der Waals surface area contributed by atoms with Gasteiger partial charge in [-0.25, -0.2) is 13.8 Å². The third kappa shape index (κ3) is 7.90. The van der Waals surface area contributed by atoms with Crippen molar-refractivity contribution >= 4 is 34.5 Å². The molecule has 54 heavy (non-hydrogen) atoms. The van der Waals surface area contributed by atoms with E-state index in [0.29, 0.717) is 47.4 Å². The van der Waals surface area contributed by atoms with Crippen LogP contribution in [0.5, 0.6) is 11.5 Å². The average Bonchev–Trinajstić information content (AvgIpc) is 3.70. The van der Waals surface area contributed by atoms with Gasteiger partial charge in [-0.15, -0.1) is 0 Å². The van der Waals surface area contributed by atoms with Crippen LogP contribution in [-0.4, -0.2) is 88.8 Å². The number of likely N-dealkylation sites (tertiary alicyclic amines) is 1. The van der Waals surface area contributed by atoms with E-state index in [1.54, 1.807) is 7.11 Å². The number of alkyl halides is 2. The minimum absolute atomic E-state index is 0.0467. The number of nitrogens with two attached hydrogens (primary N) is 1. The maximum absolute atomic E-state index is 14.6. The van der Waals surface area contributed by atoms with Gasteiger partial charge in [0.2, 0.25) is 23.6 Å². The fraction of sp³-hybridized carbons (Fsp3) is 0.488. The molecule has 4 amide bonds. The number of primary amides is 1. The van der Waals surface area contributed by atoms with Gasteiger partial charge in [0.15, 0.2) is 0 Å². The quantitative estimate of drug-likeness (QED) is 0.309. The maximum atomic E-state index is 14.6. The second kappa shape index (κ2) is 15.3. The molecule has 0 bridgehead atoms. The van der Waals surface area contributed by atoms with Crippen LogP contribution in [0.1, 0.15) is 64.2 Å². The lowest BCUT2D eigenvalue weighted by Gasteiger charge is -2.33. The summed E-state index contributed by atoms with van der Waals surface area (Å²) in [5.74, 6) is -4.58. The fourth-order valence-corrected chi connectivity index (χ4v) is 8.08. The molecular formula is C41H47F2N5O6. The molecule has 13 heteroatoms. The van der Waals surface area contributed by atoms with Crippen LogP contribution in [0.4, 0.5) is 8.78 Å². The summed E-state index contributed by atoms with van der Waals surface area (Å²) >= 11 is 0. The number of rotatable bonds is 7. The molecule has 4 aliphatic rings. The summed E-state index contributed by atoms with van der Waals surface area (Å²) in [6.07, 6.45) is 6.29.